The number of piperidine rings is 1. The number of fused-ring (bicyclic) bond motifs is 1. The van der Waals surface area contributed by atoms with Crippen molar-refractivity contribution in [2.75, 3.05) is 20.2 Å². The van der Waals surface area contributed by atoms with Gasteiger partial charge in [0.25, 0.3) is 5.91 Å². The Kier molecular flexibility index (Phi) is 6.57. The highest BCUT2D eigenvalue weighted by Crippen LogP contribution is 2.35. The molecule has 1 fully saturated rings. The highest BCUT2D eigenvalue weighted by molar-refractivity contribution is 7.21. The number of likely N-dealkylation sites (tertiary alicyclic amines) is 1. The van der Waals surface area contributed by atoms with E-state index in [1.54, 1.807) is 13.2 Å². The van der Waals surface area contributed by atoms with Crippen molar-refractivity contribution in [2.24, 2.45) is 5.73 Å². The summed E-state index contributed by atoms with van der Waals surface area (Å²) < 4.78 is 20.2. The van der Waals surface area contributed by atoms with Crippen molar-refractivity contribution in [1.82, 2.24) is 4.90 Å². The lowest BCUT2D eigenvalue weighted by molar-refractivity contribution is 0.0624. The molecule has 0 spiro atoms. The van der Waals surface area contributed by atoms with Crippen LogP contribution in [0.15, 0.2) is 18.2 Å². The summed E-state index contributed by atoms with van der Waals surface area (Å²) in [5.41, 5.74) is 6.48. The maximum Gasteiger partial charge on any atom is 0.264 e. The molecule has 4 nitrogen and oxygen atoms in total. The normalized spacial score (nSPS) is 17.8. The van der Waals surface area contributed by atoms with E-state index < -0.39 is 0 Å². The molecular formula is C17H22ClFN2O2S. The van der Waals surface area contributed by atoms with Crippen LogP contribution in [0.4, 0.5) is 4.39 Å². The molecule has 7 heteroatoms. The van der Waals surface area contributed by atoms with Crippen molar-refractivity contribution in [3.8, 4) is 0 Å². The average molecular weight is 373 g/mol. The van der Waals surface area contributed by atoms with Crippen molar-refractivity contribution in [2.45, 2.75) is 31.9 Å². The molecule has 1 aromatic heterocycles. The Hall–Kier alpha value is -1.21. The van der Waals surface area contributed by atoms with Gasteiger partial charge in [-0.2, -0.15) is 0 Å². The molecule has 2 heterocycles. The Morgan fingerprint density at radius 2 is 2.25 bits per heavy atom. The second-order valence-corrected chi connectivity index (χ2v) is 6.89. The van der Waals surface area contributed by atoms with Gasteiger partial charge in [0.05, 0.1) is 11.5 Å². The predicted octanol–water partition coefficient (Wildman–Crippen LogP) is 3.56. The van der Waals surface area contributed by atoms with Gasteiger partial charge in [0.15, 0.2) is 0 Å². The first-order valence-electron chi connectivity index (χ1n) is 7.87. The summed E-state index contributed by atoms with van der Waals surface area (Å²) in [5.74, 6) is -0.355. The fraction of sp³-hybridized carbons (Fsp3) is 0.471. The number of methoxy groups -OCH3 is 1. The smallest absolute Gasteiger partial charge is 0.264 e. The number of amides is 1. The van der Waals surface area contributed by atoms with Crippen molar-refractivity contribution in [1.29, 1.82) is 0 Å². The first-order chi connectivity index (χ1) is 11.2. The Balaban J connectivity index is 0.00000208. The van der Waals surface area contributed by atoms with Crippen molar-refractivity contribution < 1.29 is 13.9 Å². The number of nitrogens with zero attached hydrogens (tertiary/aromatic N) is 1. The van der Waals surface area contributed by atoms with E-state index in [0.29, 0.717) is 28.9 Å². The van der Waals surface area contributed by atoms with Gasteiger partial charge >= 0.3 is 0 Å². The fourth-order valence-corrected chi connectivity index (χ4v) is 4.44. The average Bonchev–Trinajstić information content (AvgIpc) is 2.94. The molecule has 0 radical (unpaired) electrons. The van der Waals surface area contributed by atoms with Crippen LogP contribution in [0, 0.1) is 5.82 Å². The minimum absolute atomic E-state index is 0. The summed E-state index contributed by atoms with van der Waals surface area (Å²) >= 11 is 1.34. The second kappa shape index (κ2) is 8.25. The van der Waals surface area contributed by atoms with Crippen LogP contribution in [-0.2, 0) is 11.3 Å². The summed E-state index contributed by atoms with van der Waals surface area (Å²) in [6.45, 7) is 1.40. The summed E-state index contributed by atoms with van der Waals surface area (Å²) in [5, 5.41) is 0.504. The number of benzene rings is 1. The monoisotopic (exact) mass is 372 g/mol. The molecule has 1 aromatic carbocycles. The van der Waals surface area contributed by atoms with E-state index in [9.17, 15) is 9.18 Å². The Labute approximate surface area is 151 Å². The lowest BCUT2D eigenvalue weighted by Gasteiger charge is -2.35. The standard InChI is InChI=1S/C17H21FN2O2S.ClH/c1-22-10-12-15-13(18)6-4-7-14(15)23-16(12)17(21)20-8-3-2-5-11(20)9-19;/h4,6-7,11H,2-3,5,8-10,19H2,1H3;1H. The molecule has 3 rings (SSSR count). The zero-order valence-electron chi connectivity index (χ0n) is 13.6. The topological polar surface area (TPSA) is 55.6 Å². The predicted molar refractivity (Wildman–Crippen MR) is 97.5 cm³/mol. The van der Waals surface area contributed by atoms with Gasteiger partial charge in [-0.1, -0.05) is 6.07 Å². The molecular weight excluding hydrogens is 351 g/mol. The van der Waals surface area contributed by atoms with Gasteiger partial charge in [-0.05, 0) is 31.4 Å². The Bertz CT molecular complexity index is 722. The van der Waals surface area contributed by atoms with E-state index in [1.165, 1.54) is 17.4 Å². The van der Waals surface area contributed by atoms with Crippen LogP contribution in [0.25, 0.3) is 10.1 Å². The van der Waals surface area contributed by atoms with Gasteiger partial charge in [0.2, 0.25) is 0 Å². The molecule has 0 bridgehead atoms. The first kappa shape index (κ1) is 19.1. The van der Waals surface area contributed by atoms with E-state index in [-0.39, 0.29) is 36.8 Å². The highest BCUT2D eigenvalue weighted by Gasteiger charge is 2.30. The van der Waals surface area contributed by atoms with Gasteiger partial charge < -0.3 is 15.4 Å². The number of rotatable bonds is 4. The summed E-state index contributed by atoms with van der Waals surface area (Å²) in [4.78, 5) is 15.5. The summed E-state index contributed by atoms with van der Waals surface area (Å²) in [6.07, 6.45) is 3.01. The third-order valence-corrected chi connectivity index (χ3v) is 5.59. The summed E-state index contributed by atoms with van der Waals surface area (Å²) in [6, 6.07) is 5.01. The third-order valence-electron chi connectivity index (χ3n) is 4.41. The lowest BCUT2D eigenvalue weighted by atomic mass is 10.0. The number of hydrogen-bond acceptors (Lipinski definition) is 4. The molecule has 0 saturated carbocycles. The maximum atomic E-state index is 14.2. The van der Waals surface area contributed by atoms with Crippen molar-refractivity contribution >= 4 is 39.7 Å². The largest absolute Gasteiger partial charge is 0.380 e. The minimum Gasteiger partial charge on any atom is -0.380 e. The fourth-order valence-electron chi connectivity index (χ4n) is 3.27. The quantitative estimate of drug-likeness (QED) is 0.892. The number of nitrogens with two attached hydrogens (primary N) is 1. The second-order valence-electron chi connectivity index (χ2n) is 5.84. The first-order valence-corrected chi connectivity index (χ1v) is 8.69. The highest BCUT2D eigenvalue weighted by atomic mass is 35.5. The molecule has 0 aliphatic carbocycles. The van der Waals surface area contributed by atoms with Crippen molar-refractivity contribution in [3.05, 3.63) is 34.5 Å². The SMILES string of the molecule is COCc1c(C(=O)N2CCCCC2CN)sc2cccc(F)c12.Cl. The van der Waals surface area contributed by atoms with E-state index >= 15 is 0 Å². The molecule has 132 valence electrons. The molecule has 1 atom stereocenters. The zero-order chi connectivity index (χ0) is 16.4. The van der Waals surface area contributed by atoms with Gasteiger partial charge in [-0.15, -0.1) is 23.7 Å². The number of carbonyl (C=O) groups excluding carboxylic acids is 1. The lowest BCUT2D eigenvalue weighted by Crippen LogP contribution is -2.47. The molecule has 2 N–H and O–H groups in total. The van der Waals surface area contributed by atoms with Crippen molar-refractivity contribution in [3.63, 3.8) is 0 Å². The van der Waals surface area contributed by atoms with Crippen LogP contribution < -0.4 is 5.73 Å². The number of thiophene rings is 1. The molecule has 1 saturated heterocycles. The zero-order valence-corrected chi connectivity index (χ0v) is 15.2. The van der Waals surface area contributed by atoms with E-state index in [0.717, 1.165) is 24.0 Å². The minimum atomic E-state index is -0.307. The van der Waals surface area contributed by atoms with E-state index in [1.807, 2.05) is 11.0 Å². The molecule has 1 aliphatic rings. The van der Waals surface area contributed by atoms with E-state index in [4.69, 9.17) is 10.5 Å². The molecule has 24 heavy (non-hydrogen) atoms. The van der Waals surface area contributed by atoms with Crippen LogP contribution in [0.2, 0.25) is 0 Å². The maximum absolute atomic E-state index is 14.2. The Morgan fingerprint density at radius 1 is 1.46 bits per heavy atom. The van der Waals surface area contributed by atoms with Crippen LogP contribution >= 0.6 is 23.7 Å². The van der Waals surface area contributed by atoms with Crippen LogP contribution in [-0.4, -0.2) is 37.0 Å². The molecule has 2 aromatic rings. The van der Waals surface area contributed by atoms with Gasteiger partial charge in [-0.25, -0.2) is 4.39 Å². The Morgan fingerprint density at radius 3 is 2.96 bits per heavy atom. The van der Waals surface area contributed by atoms with Gasteiger partial charge in [0.1, 0.15) is 5.82 Å². The molecule has 1 amide bonds. The van der Waals surface area contributed by atoms with Crippen LogP contribution in [0.1, 0.15) is 34.5 Å². The molecule has 1 aliphatic heterocycles. The summed E-state index contributed by atoms with van der Waals surface area (Å²) in [7, 11) is 1.56. The number of halogens is 2. The van der Waals surface area contributed by atoms with Gasteiger partial charge in [-0.3, -0.25) is 4.79 Å². The third kappa shape index (κ3) is 3.42. The van der Waals surface area contributed by atoms with Crippen LogP contribution in [0.5, 0.6) is 0 Å². The number of hydrogen-bond donors (Lipinski definition) is 1. The van der Waals surface area contributed by atoms with Gasteiger partial charge in [0, 0.05) is 41.9 Å². The molecule has 1 unspecified atom stereocenters. The van der Waals surface area contributed by atoms with Crippen LogP contribution in [0.3, 0.4) is 0 Å². The number of carbonyl (C=O) groups is 1. The van der Waals surface area contributed by atoms with E-state index in [2.05, 4.69) is 0 Å². The number of ether oxygens (including phenoxy) is 1.